The van der Waals surface area contributed by atoms with Gasteiger partial charge < -0.3 is 0 Å². The monoisotopic (exact) mass is 306 g/mol. The average Bonchev–Trinajstić information content (AvgIpc) is 2.37. The van der Waals surface area contributed by atoms with Crippen LogP contribution in [0.5, 0.6) is 0 Å². The van der Waals surface area contributed by atoms with Gasteiger partial charge in [-0.3, -0.25) is 9.59 Å². The van der Waals surface area contributed by atoms with Gasteiger partial charge in [-0.25, -0.2) is 0 Å². The highest BCUT2D eigenvalue weighted by atomic mass is 16.2. The van der Waals surface area contributed by atoms with Crippen molar-refractivity contribution in [1.82, 2.24) is 0 Å². The van der Waals surface area contributed by atoms with E-state index in [0.717, 1.165) is 25.7 Å². The molecular formula is C20H34O2. The molecule has 0 aromatic rings. The molecule has 0 aromatic carbocycles. The summed E-state index contributed by atoms with van der Waals surface area (Å²) in [5.74, 6) is 0.207. The van der Waals surface area contributed by atoms with Crippen molar-refractivity contribution in [3.05, 3.63) is 23.3 Å². The lowest BCUT2D eigenvalue weighted by atomic mass is 9.92. The molecule has 0 aliphatic rings. The lowest BCUT2D eigenvalue weighted by Gasteiger charge is -2.11. The molecule has 0 saturated carbocycles. The molecule has 0 saturated heterocycles. The number of rotatable bonds is 11. The molecule has 22 heavy (non-hydrogen) atoms. The van der Waals surface area contributed by atoms with Crippen LogP contribution in [0.1, 0.15) is 80.1 Å². The van der Waals surface area contributed by atoms with Crippen molar-refractivity contribution >= 4 is 11.6 Å². The maximum absolute atomic E-state index is 12.0. The zero-order chi connectivity index (χ0) is 17.1. The first-order chi connectivity index (χ1) is 10.2. The Hall–Kier alpha value is -1.18. The zero-order valence-corrected chi connectivity index (χ0v) is 15.4. The van der Waals surface area contributed by atoms with E-state index in [0.29, 0.717) is 12.8 Å². The smallest absolute Gasteiger partial charge is 0.198 e. The van der Waals surface area contributed by atoms with Crippen LogP contribution in [-0.4, -0.2) is 11.6 Å². The molecule has 0 aliphatic carbocycles. The van der Waals surface area contributed by atoms with E-state index in [2.05, 4.69) is 53.7 Å². The summed E-state index contributed by atoms with van der Waals surface area (Å²) in [5.41, 5.74) is 2.61. The fourth-order valence-electron chi connectivity index (χ4n) is 2.38. The van der Waals surface area contributed by atoms with Gasteiger partial charge in [-0.2, -0.15) is 0 Å². The van der Waals surface area contributed by atoms with Gasteiger partial charge in [0.1, 0.15) is 0 Å². The zero-order valence-electron chi connectivity index (χ0n) is 15.4. The molecule has 2 unspecified atom stereocenters. The van der Waals surface area contributed by atoms with Crippen LogP contribution >= 0.6 is 0 Å². The Labute approximate surface area is 137 Å². The number of hydrogen-bond acceptors (Lipinski definition) is 2. The Morgan fingerprint density at radius 3 is 1.32 bits per heavy atom. The summed E-state index contributed by atoms with van der Waals surface area (Å²) < 4.78 is 0. The van der Waals surface area contributed by atoms with Crippen molar-refractivity contribution in [2.75, 3.05) is 0 Å². The lowest BCUT2D eigenvalue weighted by Crippen LogP contribution is -2.19. The van der Waals surface area contributed by atoms with Crippen LogP contribution in [-0.2, 0) is 9.59 Å². The van der Waals surface area contributed by atoms with E-state index < -0.39 is 0 Å². The predicted octanol–water partition coefficient (Wildman–Crippen LogP) is 5.67. The SMILES string of the molecule is CC(C)=CCCC(C)CC(=O)C(=O)CC(C)CCC=C(C)C. The first-order valence-electron chi connectivity index (χ1n) is 8.55. The Bertz CT molecular complexity index is 367. The minimum absolute atomic E-state index is 0.182. The van der Waals surface area contributed by atoms with Gasteiger partial charge in [0.05, 0.1) is 0 Å². The Balaban J connectivity index is 4.07. The van der Waals surface area contributed by atoms with Gasteiger partial charge in [-0.15, -0.1) is 0 Å². The number of carbonyl (C=O) groups excluding carboxylic acids is 2. The van der Waals surface area contributed by atoms with Gasteiger partial charge in [0, 0.05) is 12.8 Å². The van der Waals surface area contributed by atoms with E-state index in [1.807, 2.05) is 0 Å². The molecule has 2 heteroatoms. The van der Waals surface area contributed by atoms with Crippen LogP contribution < -0.4 is 0 Å². The van der Waals surface area contributed by atoms with Crippen molar-refractivity contribution in [2.45, 2.75) is 80.1 Å². The Morgan fingerprint density at radius 1 is 0.727 bits per heavy atom. The third-order valence-electron chi connectivity index (χ3n) is 3.80. The summed E-state index contributed by atoms with van der Waals surface area (Å²) in [6.45, 7) is 12.4. The predicted molar refractivity (Wildman–Crippen MR) is 94.9 cm³/mol. The molecule has 0 heterocycles. The minimum Gasteiger partial charge on any atom is -0.291 e. The quantitative estimate of drug-likeness (QED) is 0.364. The number of ketones is 2. The van der Waals surface area contributed by atoms with E-state index in [4.69, 9.17) is 0 Å². The van der Waals surface area contributed by atoms with Crippen molar-refractivity contribution in [3.63, 3.8) is 0 Å². The van der Waals surface area contributed by atoms with Gasteiger partial charge >= 0.3 is 0 Å². The average molecular weight is 306 g/mol. The molecule has 0 radical (unpaired) electrons. The molecule has 0 aliphatic heterocycles. The Kier molecular flexibility index (Phi) is 10.8. The second-order valence-corrected chi connectivity index (χ2v) is 7.18. The van der Waals surface area contributed by atoms with Crippen LogP contribution in [0.3, 0.4) is 0 Å². The van der Waals surface area contributed by atoms with Crippen LogP contribution in [0.25, 0.3) is 0 Å². The number of allylic oxidation sites excluding steroid dienone is 4. The number of carbonyl (C=O) groups is 2. The maximum atomic E-state index is 12.0. The van der Waals surface area contributed by atoms with Crippen molar-refractivity contribution in [3.8, 4) is 0 Å². The van der Waals surface area contributed by atoms with Gasteiger partial charge in [0.2, 0.25) is 0 Å². The van der Waals surface area contributed by atoms with Gasteiger partial charge in [0.25, 0.3) is 0 Å². The van der Waals surface area contributed by atoms with Crippen LogP contribution in [0, 0.1) is 11.8 Å². The molecule has 0 fully saturated rings. The maximum Gasteiger partial charge on any atom is 0.198 e. The van der Waals surface area contributed by atoms with Gasteiger partial charge in [-0.1, -0.05) is 37.1 Å². The minimum atomic E-state index is -0.182. The fourth-order valence-corrected chi connectivity index (χ4v) is 2.38. The summed E-state index contributed by atoms with van der Waals surface area (Å²) in [6, 6.07) is 0. The van der Waals surface area contributed by atoms with Crippen LogP contribution in [0.15, 0.2) is 23.3 Å². The third-order valence-corrected chi connectivity index (χ3v) is 3.80. The number of hydrogen-bond donors (Lipinski definition) is 0. The van der Waals surface area contributed by atoms with Crippen LogP contribution in [0.4, 0.5) is 0 Å². The van der Waals surface area contributed by atoms with Gasteiger partial charge in [-0.05, 0) is 65.2 Å². The highest BCUT2D eigenvalue weighted by molar-refractivity contribution is 6.37. The van der Waals surface area contributed by atoms with Crippen LogP contribution in [0.2, 0.25) is 0 Å². The van der Waals surface area contributed by atoms with E-state index in [1.54, 1.807) is 0 Å². The number of Topliss-reactive ketones (excluding diaryl/α,β-unsaturated/α-hetero) is 2. The summed E-state index contributed by atoms with van der Waals surface area (Å²) in [4.78, 5) is 24.0. The molecule has 0 N–H and O–H groups in total. The summed E-state index contributed by atoms with van der Waals surface area (Å²) in [6.07, 6.45) is 9.10. The largest absolute Gasteiger partial charge is 0.291 e. The molecule has 2 nitrogen and oxygen atoms in total. The molecule has 0 bridgehead atoms. The Morgan fingerprint density at radius 2 is 1.05 bits per heavy atom. The van der Waals surface area contributed by atoms with E-state index in [9.17, 15) is 9.59 Å². The highest BCUT2D eigenvalue weighted by Gasteiger charge is 2.19. The second kappa shape index (κ2) is 11.4. The molecular weight excluding hydrogens is 272 g/mol. The van der Waals surface area contributed by atoms with E-state index >= 15 is 0 Å². The van der Waals surface area contributed by atoms with Gasteiger partial charge in [0.15, 0.2) is 11.6 Å². The summed E-state index contributed by atoms with van der Waals surface area (Å²) >= 11 is 0. The first-order valence-corrected chi connectivity index (χ1v) is 8.55. The van der Waals surface area contributed by atoms with E-state index in [1.165, 1.54) is 11.1 Å². The van der Waals surface area contributed by atoms with Crippen molar-refractivity contribution in [2.24, 2.45) is 11.8 Å². The molecule has 2 atom stereocenters. The highest BCUT2D eigenvalue weighted by Crippen LogP contribution is 2.16. The standard InChI is InChI=1S/C20H34O2/c1-15(2)9-7-11-17(5)13-19(21)20(22)14-18(6)12-8-10-16(3)4/h9-10,17-18H,7-8,11-14H2,1-6H3. The topological polar surface area (TPSA) is 34.1 Å². The molecule has 0 amide bonds. The van der Waals surface area contributed by atoms with E-state index in [-0.39, 0.29) is 23.4 Å². The van der Waals surface area contributed by atoms with Crippen molar-refractivity contribution < 1.29 is 9.59 Å². The molecule has 0 spiro atoms. The molecule has 126 valence electrons. The third kappa shape index (κ3) is 11.5. The fraction of sp³-hybridized carbons (Fsp3) is 0.700. The molecule has 0 aromatic heterocycles. The molecule has 0 rings (SSSR count). The first kappa shape index (κ1) is 20.8. The lowest BCUT2D eigenvalue weighted by molar-refractivity contribution is -0.137. The summed E-state index contributed by atoms with van der Waals surface area (Å²) in [7, 11) is 0. The summed E-state index contributed by atoms with van der Waals surface area (Å²) in [5, 5.41) is 0. The normalized spacial score (nSPS) is 13.2. The second-order valence-electron chi connectivity index (χ2n) is 7.18. The van der Waals surface area contributed by atoms with Crippen molar-refractivity contribution in [1.29, 1.82) is 0 Å².